The average Bonchev–Trinajstić information content (AvgIpc) is 2.91. The van der Waals surface area contributed by atoms with Gasteiger partial charge in [-0.15, -0.1) is 23.1 Å². The topological polar surface area (TPSA) is 29.1 Å². The van der Waals surface area contributed by atoms with E-state index in [4.69, 9.17) is 11.6 Å². The van der Waals surface area contributed by atoms with Crippen molar-refractivity contribution in [1.82, 2.24) is 0 Å². The molecule has 2 nitrogen and oxygen atoms in total. The van der Waals surface area contributed by atoms with Crippen molar-refractivity contribution in [3.8, 4) is 0 Å². The molecule has 0 saturated carbocycles. The summed E-state index contributed by atoms with van der Waals surface area (Å²) in [5.41, 5.74) is -0.892. The molecule has 21 heavy (non-hydrogen) atoms. The number of amides is 1. The first-order chi connectivity index (χ1) is 9.86. The molecule has 0 fully saturated rings. The summed E-state index contributed by atoms with van der Waals surface area (Å²) in [6.07, 6.45) is -4.48. The molecule has 1 heterocycles. The van der Waals surface area contributed by atoms with Crippen molar-refractivity contribution < 1.29 is 18.0 Å². The number of hydrogen-bond acceptors (Lipinski definition) is 3. The molecule has 1 amide bonds. The third-order valence-electron chi connectivity index (χ3n) is 2.41. The number of alkyl halides is 3. The van der Waals surface area contributed by atoms with Gasteiger partial charge in [-0.3, -0.25) is 4.79 Å². The Balaban J connectivity index is 2.03. The highest BCUT2D eigenvalue weighted by molar-refractivity contribution is 8.01. The van der Waals surface area contributed by atoms with E-state index in [0.29, 0.717) is 0 Å². The Kier molecular flexibility index (Phi) is 5.18. The van der Waals surface area contributed by atoms with Gasteiger partial charge in [0.05, 0.1) is 26.2 Å². The lowest BCUT2D eigenvalue weighted by Gasteiger charge is -2.11. The molecular weight excluding hydrogens is 343 g/mol. The van der Waals surface area contributed by atoms with Crippen LogP contribution in [0.2, 0.25) is 5.02 Å². The van der Waals surface area contributed by atoms with Crippen LogP contribution in [0, 0.1) is 0 Å². The number of nitrogens with one attached hydrogen (secondary N) is 1. The molecule has 0 unspecified atom stereocenters. The van der Waals surface area contributed by atoms with Crippen LogP contribution in [0.1, 0.15) is 5.56 Å². The smallest absolute Gasteiger partial charge is 0.324 e. The fourth-order valence-electron chi connectivity index (χ4n) is 1.47. The van der Waals surface area contributed by atoms with Crippen molar-refractivity contribution in [3.05, 3.63) is 46.3 Å². The van der Waals surface area contributed by atoms with E-state index in [1.54, 1.807) is 0 Å². The van der Waals surface area contributed by atoms with E-state index in [2.05, 4.69) is 5.32 Å². The molecule has 0 bridgehead atoms. The Labute approximate surface area is 132 Å². The van der Waals surface area contributed by atoms with Crippen molar-refractivity contribution in [2.45, 2.75) is 10.4 Å². The number of carbonyl (C=O) groups excluding carboxylic acids is 1. The molecule has 0 saturated heterocycles. The summed E-state index contributed by atoms with van der Waals surface area (Å²) in [5.74, 6) is -0.304. The summed E-state index contributed by atoms with van der Waals surface area (Å²) in [6, 6.07) is 6.54. The number of rotatable bonds is 4. The zero-order valence-electron chi connectivity index (χ0n) is 10.4. The maximum absolute atomic E-state index is 12.6. The van der Waals surface area contributed by atoms with E-state index >= 15 is 0 Å². The molecule has 0 spiro atoms. The first-order valence-electron chi connectivity index (χ1n) is 5.69. The van der Waals surface area contributed by atoms with Crippen LogP contribution in [-0.2, 0) is 11.0 Å². The number of thiophene rings is 1. The predicted octanol–water partition coefficient (Wildman–Crippen LogP) is 5.15. The lowest BCUT2D eigenvalue weighted by Crippen LogP contribution is -2.15. The number of thioether (sulfide) groups is 1. The molecule has 0 aliphatic carbocycles. The monoisotopic (exact) mass is 351 g/mol. The van der Waals surface area contributed by atoms with Crippen LogP contribution in [0.25, 0.3) is 0 Å². The second-order valence-corrected chi connectivity index (χ2v) is 6.59. The summed E-state index contributed by atoms with van der Waals surface area (Å²) in [5, 5.41) is 4.34. The van der Waals surface area contributed by atoms with E-state index in [1.807, 2.05) is 17.5 Å². The summed E-state index contributed by atoms with van der Waals surface area (Å²) >= 11 is 8.60. The van der Waals surface area contributed by atoms with E-state index in [1.165, 1.54) is 23.1 Å². The van der Waals surface area contributed by atoms with Crippen LogP contribution in [0.4, 0.5) is 18.9 Å². The van der Waals surface area contributed by atoms with Gasteiger partial charge < -0.3 is 5.32 Å². The lowest BCUT2D eigenvalue weighted by molar-refractivity contribution is -0.137. The van der Waals surface area contributed by atoms with Gasteiger partial charge in [0.1, 0.15) is 0 Å². The van der Waals surface area contributed by atoms with Gasteiger partial charge in [0.2, 0.25) is 5.91 Å². The summed E-state index contributed by atoms with van der Waals surface area (Å²) in [4.78, 5) is 11.8. The van der Waals surface area contributed by atoms with E-state index in [-0.39, 0.29) is 16.5 Å². The fraction of sp³-hybridized carbons (Fsp3) is 0.154. The highest BCUT2D eigenvalue weighted by Crippen LogP contribution is 2.34. The Bertz CT molecular complexity index is 629. The van der Waals surface area contributed by atoms with Gasteiger partial charge in [0.25, 0.3) is 0 Å². The van der Waals surface area contributed by atoms with E-state index in [0.717, 1.165) is 22.4 Å². The molecule has 1 aromatic carbocycles. The number of carbonyl (C=O) groups is 1. The minimum absolute atomic E-state index is 0.0386. The largest absolute Gasteiger partial charge is 0.416 e. The third kappa shape index (κ3) is 4.66. The Hall–Kier alpha value is -1.18. The van der Waals surface area contributed by atoms with Gasteiger partial charge in [-0.2, -0.15) is 13.2 Å². The fourth-order valence-corrected chi connectivity index (χ4v) is 3.22. The van der Waals surface area contributed by atoms with Gasteiger partial charge in [0, 0.05) is 0 Å². The number of halogens is 4. The maximum atomic E-state index is 12.6. The average molecular weight is 352 g/mol. The molecule has 2 aromatic rings. The van der Waals surface area contributed by atoms with Gasteiger partial charge >= 0.3 is 6.18 Å². The normalized spacial score (nSPS) is 11.4. The molecule has 2 rings (SSSR count). The molecule has 1 aromatic heterocycles. The number of benzene rings is 1. The van der Waals surface area contributed by atoms with Crippen LogP contribution < -0.4 is 5.32 Å². The summed E-state index contributed by atoms with van der Waals surface area (Å²) < 4.78 is 38.8. The lowest BCUT2D eigenvalue weighted by atomic mass is 10.2. The van der Waals surface area contributed by atoms with Gasteiger partial charge in [-0.25, -0.2) is 0 Å². The van der Waals surface area contributed by atoms with Crippen LogP contribution in [0.5, 0.6) is 0 Å². The second-order valence-electron chi connectivity index (χ2n) is 3.96. The Morgan fingerprint density at radius 1 is 1.33 bits per heavy atom. The highest BCUT2D eigenvalue weighted by Gasteiger charge is 2.31. The van der Waals surface area contributed by atoms with Crippen molar-refractivity contribution in [1.29, 1.82) is 0 Å². The molecule has 0 aliphatic rings. The molecule has 0 aliphatic heterocycles. The van der Waals surface area contributed by atoms with Gasteiger partial charge in [-0.05, 0) is 29.6 Å². The standard InChI is InChI=1S/C13H9ClF3NOS2/c14-9-4-3-8(13(15,16)17)6-10(9)18-11(19)7-21-12-2-1-5-20-12/h1-6H,7H2,(H,18,19). The first-order valence-corrected chi connectivity index (χ1v) is 7.93. The van der Waals surface area contributed by atoms with Crippen LogP contribution >= 0.6 is 34.7 Å². The van der Waals surface area contributed by atoms with E-state index in [9.17, 15) is 18.0 Å². The zero-order chi connectivity index (χ0) is 15.5. The van der Waals surface area contributed by atoms with E-state index < -0.39 is 17.6 Å². The minimum Gasteiger partial charge on any atom is -0.324 e. The molecule has 8 heteroatoms. The summed E-state index contributed by atoms with van der Waals surface area (Å²) in [6.45, 7) is 0. The minimum atomic E-state index is -4.48. The molecular formula is C13H9ClF3NOS2. The molecule has 1 N–H and O–H groups in total. The molecule has 112 valence electrons. The predicted molar refractivity (Wildman–Crippen MR) is 80.1 cm³/mol. The van der Waals surface area contributed by atoms with Crippen molar-refractivity contribution in [2.24, 2.45) is 0 Å². The van der Waals surface area contributed by atoms with Crippen molar-refractivity contribution >= 4 is 46.3 Å². The maximum Gasteiger partial charge on any atom is 0.416 e. The third-order valence-corrected chi connectivity index (χ3v) is 4.87. The van der Waals surface area contributed by atoms with Crippen LogP contribution in [-0.4, -0.2) is 11.7 Å². The second kappa shape index (κ2) is 6.72. The molecule has 0 atom stereocenters. The highest BCUT2D eigenvalue weighted by atomic mass is 35.5. The molecule has 0 radical (unpaired) electrons. The van der Waals surface area contributed by atoms with Crippen LogP contribution in [0.15, 0.2) is 39.9 Å². The van der Waals surface area contributed by atoms with Crippen LogP contribution in [0.3, 0.4) is 0 Å². The van der Waals surface area contributed by atoms with Crippen molar-refractivity contribution in [2.75, 3.05) is 11.1 Å². The number of anilines is 1. The quantitative estimate of drug-likeness (QED) is 0.772. The summed E-state index contributed by atoms with van der Waals surface area (Å²) in [7, 11) is 0. The van der Waals surface area contributed by atoms with Gasteiger partial charge in [-0.1, -0.05) is 17.7 Å². The van der Waals surface area contributed by atoms with Gasteiger partial charge in [0.15, 0.2) is 0 Å². The SMILES string of the molecule is O=C(CSc1cccs1)Nc1cc(C(F)(F)F)ccc1Cl. The zero-order valence-corrected chi connectivity index (χ0v) is 12.8. The Morgan fingerprint density at radius 3 is 2.71 bits per heavy atom. The number of hydrogen-bond donors (Lipinski definition) is 1. The Morgan fingerprint density at radius 2 is 2.10 bits per heavy atom. The van der Waals surface area contributed by atoms with Crippen molar-refractivity contribution in [3.63, 3.8) is 0 Å². The first kappa shape index (κ1) is 16.2.